The van der Waals surface area contributed by atoms with Gasteiger partial charge < -0.3 is 9.64 Å². The van der Waals surface area contributed by atoms with E-state index in [1.807, 2.05) is 35.1 Å². The molecule has 2 heterocycles. The molecule has 20 heavy (non-hydrogen) atoms. The first kappa shape index (κ1) is 14.6. The first-order valence-corrected chi connectivity index (χ1v) is 7.15. The second-order valence-electron chi connectivity index (χ2n) is 5.00. The summed E-state index contributed by atoms with van der Waals surface area (Å²) in [5.74, 6) is 0.856. The number of ether oxygens (including phenoxy) is 1. The van der Waals surface area contributed by atoms with Crippen molar-refractivity contribution in [3.8, 4) is 5.75 Å². The second-order valence-corrected chi connectivity index (χ2v) is 5.00. The van der Waals surface area contributed by atoms with E-state index in [0.717, 1.165) is 42.9 Å². The molecule has 0 amide bonds. The summed E-state index contributed by atoms with van der Waals surface area (Å²) in [5.41, 5.74) is 2.09. The molecule has 0 saturated heterocycles. The fourth-order valence-corrected chi connectivity index (χ4v) is 2.25. The monoisotopic (exact) mass is 273 g/mol. The van der Waals surface area contributed by atoms with Gasteiger partial charge in [-0.3, -0.25) is 0 Å². The summed E-state index contributed by atoms with van der Waals surface area (Å²) in [6, 6.07) is 4.00. The van der Waals surface area contributed by atoms with Crippen LogP contribution in [0.5, 0.6) is 5.75 Å². The number of hydrogen-bond acceptors (Lipinski definition) is 3. The topological polar surface area (TPSA) is 29.8 Å². The molecular formula is C16H23N3O. The van der Waals surface area contributed by atoms with Crippen LogP contribution in [-0.2, 0) is 0 Å². The Morgan fingerprint density at radius 3 is 3.00 bits per heavy atom. The molecule has 0 bridgehead atoms. The number of nitrogens with zero attached hydrogens (tertiary/aromatic N) is 3. The van der Waals surface area contributed by atoms with Crippen molar-refractivity contribution in [1.82, 2.24) is 14.5 Å². The van der Waals surface area contributed by atoms with Crippen molar-refractivity contribution in [2.75, 3.05) is 26.7 Å². The Morgan fingerprint density at radius 2 is 2.25 bits per heavy atom. The zero-order valence-corrected chi connectivity index (χ0v) is 12.4. The summed E-state index contributed by atoms with van der Waals surface area (Å²) in [6.45, 7) is 8.92. The Labute approximate surface area is 120 Å². The van der Waals surface area contributed by atoms with Crippen LogP contribution in [0.2, 0.25) is 0 Å². The molecule has 0 aliphatic carbocycles. The van der Waals surface area contributed by atoms with Gasteiger partial charge in [0, 0.05) is 12.1 Å². The first-order chi connectivity index (χ1) is 9.74. The van der Waals surface area contributed by atoms with Crippen LogP contribution >= 0.6 is 0 Å². The average molecular weight is 273 g/mol. The third-order valence-corrected chi connectivity index (χ3v) is 3.30. The van der Waals surface area contributed by atoms with E-state index in [-0.39, 0.29) is 0 Å². The molecule has 0 aliphatic heterocycles. The lowest BCUT2D eigenvalue weighted by atomic mass is 10.2. The van der Waals surface area contributed by atoms with Crippen LogP contribution in [0.4, 0.5) is 0 Å². The maximum Gasteiger partial charge on any atom is 0.137 e. The minimum absolute atomic E-state index is 0.731. The molecule has 0 N–H and O–H groups in total. The summed E-state index contributed by atoms with van der Waals surface area (Å²) >= 11 is 0. The van der Waals surface area contributed by atoms with Crippen LogP contribution in [0.1, 0.15) is 25.3 Å². The molecule has 0 atom stereocenters. The molecule has 0 spiro atoms. The third kappa shape index (κ3) is 3.61. The molecule has 0 unspecified atom stereocenters. The van der Waals surface area contributed by atoms with Crippen molar-refractivity contribution in [2.24, 2.45) is 0 Å². The lowest BCUT2D eigenvalue weighted by molar-refractivity contribution is 0.262. The second kappa shape index (κ2) is 7.10. The fourth-order valence-electron chi connectivity index (χ4n) is 2.25. The Balaban J connectivity index is 1.86. The molecule has 2 rings (SSSR count). The molecule has 108 valence electrons. The molecule has 4 heteroatoms. The van der Waals surface area contributed by atoms with Crippen molar-refractivity contribution in [2.45, 2.75) is 19.8 Å². The van der Waals surface area contributed by atoms with Crippen LogP contribution in [0.3, 0.4) is 0 Å². The highest BCUT2D eigenvalue weighted by Crippen LogP contribution is 2.17. The van der Waals surface area contributed by atoms with Gasteiger partial charge in [-0.05, 0) is 38.6 Å². The summed E-state index contributed by atoms with van der Waals surface area (Å²) in [4.78, 5) is 2.33. The van der Waals surface area contributed by atoms with Gasteiger partial charge in [0.15, 0.2) is 0 Å². The zero-order valence-electron chi connectivity index (χ0n) is 12.4. The lowest BCUT2D eigenvalue weighted by Gasteiger charge is -2.15. The van der Waals surface area contributed by atoms with E-state index >= 15 is 0 Å². The molecule has 4 nitrogen and oxygen atoms in total. The Morgan fingerprint density at radius 1 is 1.40 bits per heavy atom. The van der Waals surface area contributed by atoms with Crippen LogP contribution in [0.25, 0.3) is 11.6 Å². The highest BCUT2D eigenvalue weighted by molar-refractivity contribution is 5.67. The van der Waals surface area contributed by atoms with Crippen molar-refractivity contribution < 1.29 is 4.74 Å². The molecule has 0 fully saturated rings. The van der Waals surface area contributed by atoms with Crippen LogP contribution in [0, 0.1) is 0 Å². The highest BCUT2D eigenvalue weighted by Gasteiger charge is 2.02. The lowest BCUT2D eigenvalue weighted by Crippen LogP contribution is -2.21. The molecule has 2 aromatic heterocycles. The van der Waals surface area contributed by atoms with Gasteiger partial charge in [0.05, 0.1) is 24.5 Å². The number of pyridine rings is 1. The number of aromatic nitrogens is 2. The number of rotatable bonds is 8. The van der Waals surface area contributed by atoms with E-state index in [1.165, 1.54) is 6.42 Å². The average Bonchev–Trinajstić information content (AvgIpc) is 2.86. The van der Waals surface area contributed by atoms with Crippen molar-refractivity contribution in [3.05, 3.63) is 36.7 Å². The van der Waals surface area contributed by atoms with Crippen molar-refractivity contribution in [1.29, 1.82) is 0 Å². The summed E-state index contributed by atoms with van der Waals surface area (Å²) in [7, 11) is 2.15. The molecule has 0 aliphatic rings. The largest absolute Gasteiger partial charge is 0.492 e. The minimum Gasteiger partial charge on any atom is -0.492 e. The third-order valence-electron chi connectivity index (χ3n) is 3.30. The predicted octanol–water partition coefficient (Wildman–Crippen LogP) is 3.09. The van der Waals surface area contributed by atoms with Gasteiger partial charge in [0.2, 0.25) is 0 Å². The van der Waals surface area contributed by atoms with E-state index in [4.69, 9.17) is 4.74 Å². The van der Waals surface area contributed by atoms with Crippen molar-refractivity contribution >= 4 is 11.6 Å². The standard InChI is InChI=1S/C16H23N3O/c1-4-9-18(3)10-6-11-20-15-7-8-16-14(5-2)12-17-19(16)13-15/h5,7-8,12-13H,2,4,6,9-11H2,1,3H3. The summed E-state index contributed by atoms with van der Waals surface area (Å²) in [6.07, 6.45) is 7.76. The SMILES string of the molecule is C=Cc1cnn2cc(OCCCN(C)CCC)ccc12. The fraction of sp³-hybridized carbons (Fsp3) is 0.438. The van der Waals surface area contributed by atoms with Gasteiger partial charge in [-0.25, -0.2) is 4.52 Å². The number of fused-ring (bicyclic) bond motifs is 1. The number of hydrogen-bond donors (Lipinski definition) is 0. The van der Waals surface area contributed by atoms with Crippen LogP contribution < -0.4 is 4.74 Å². The maximum atomic E-state index is 5.77. The van der Waals surface area contributed by atoms with Gasteiger partial charge in [-0.15, -0.1) is 0 Å². The molecule has 0 aromatic carbocycles. The van der Waals surface area contributed by atoms with Gasteiger partial charge in [0.25, 0.3) is 0 Å². The predicted molar refractivity (Wildman–Crippen MR) is 83.2 cm³/mol. The maximum absolute atomic E-state index is 5.77. The summed E-state index contributed by atoms with van der Waals surface area (Å²) in [5, 5.41) is 4.29. The van der Waals surface area contributed by atoms with Crippen LogP contribution in [-0.4, -0.2) is 41.3 Å². The molecule has 0 radical (unpaired) electrons. The normalized spacial score (nSPS) is 11.2. The Hall–Kier alpha value is -1.81. The van der Waals surface area contributed by atoms with Gasteiger partial charge in [0.1, 0.15) is 5.75 Å². The zero-order chi connectivity index (χ0) is 14.4. The van der Waals surface area contributed by atoms with E-state index < -0.39 is 0 Å². The molecular weight excluding hydrogens is 250 g/mol. The van der Waals surface area contributed by atoms with Gasteiger partial charge in [-0.1, -0.05) is 19.6 Å². The van der Waals surface area contributed by atoms with E-state index in [1.54, 1.807) is 0 Å². The van der Waals surface area contributed by atoms with E-state index in [2.05, 4.69) is 30.5 Å². The Bertz CT molecular complexity index is 562. The summed E-state index contributed by atoms with van der Waals surface area (Å²) < 4.78 is 7.60. The van der Waals surface area contributed by atoms with Gasteiger partial charge in [-0.2, -0.15) is 5.10 Å². The van der Waals surface area contributed by atoms with E-state index in [9.17, 15) is 0 Å². The van der Waals surface area contributed by atoms with Crippen LogP contribution in [0.15, 0.2) is 31.1 Å². The van der Waals surface area contributed by atoms with E-state index in [0.29, 0.717) is 0 Å². The molecule has 2 aromatic rings. The van der Waals surface area contributed by atoms with Gasteiger partial charge >= 0.3 is 0 Å². The quantitative estimate of drug-likeness (QED) is 0.692. The smallest absolute Gasteiger partial charge is 0.137 e. The van der Waals surface area contributed by atoms with Crippen molar-refractivity contribution in [3.63, 3.8) is 0 Å². The first-order valence-electron chi connectivity index (χ1n) is 7.15. The Kier molecular flexibility index (Phi) is 5.18. The molecule has 0 saturated carbocycles. The minimum atomic E-state index is 0.731. The highest BCUT2D eigenvalue weighted by atomic mass is 16.5.